The fourth-order valence-electron chi connectivity index (χ4n) is 1.50. The second-order valence-corrected chi connectivity index (χ2v) is 4.67. The monoisotopic (exact) mass is 361 g/mol. The summed E-state index contributed by atoms with van der Waals surface area (Å²) in [5.74, 6) is -6.19. The minimum absolute atomic E-state index is 0.474. The van der Waals surface area contributed by atoms with E-state index in [1.807, 2.05) is 0 Å². The normalized spacial score (nSPS) is 15.5. The lowest BCUT2D eigenvalue weighted by Gasteiger charge is -2.30. The first kappa shape index (κ1) is 19.1. The molecule has 0 radical (unpaired) electrons. The number of ether oxygens (including phenoxy) is 1. The molecule has 2 atom stereocenters. The number of methoxy groups -OCH3 is 1. The molecule has 1 amide bonds. The first-order valence-corrected chi connectivity index (χ1v) is 6.16. The second-order valence-electron chi connectivity index (χ2n) is 4.23. The molecule has 1 aromatic rings. The summed E-state index contributed by atoms with van der Waals surface area (Å²) >= 11 is 5.24. The maximum absolute atomic E-state index is 13.3. The van der Waals surface area contributed by atoms with Crippen molar-refractivity contribution in [2.24, 2.45) is 0 Å². The van der Waals surface area contributed by atoms with Gasteiger partial charge in [-0.1, -0.05) is 0 Å². The molecule has 1 aromatic carbocycles. The number of amides is 1. The van der Waals surface area contributed by atoms with Crippen molar-refractivity contribution in [1.82, 2.24) is 0 Å². The summed E-state index contributed by atoms with van der Waals surface area (Å²) in [5.41, 5.74) is -5.20. The van der Waals surface area contributed by atoms with Crippen LogP contribution in [0.1, 0.15) is 0 Å². The molecule has 0 aliphatic heterocycles. The predicted molar refractivity (Wildman–Crippen MR) is 67.6 cm³/mol. The quantitative estimate of drug-likeness (QED) is 0.488. The number of nitrogens with one attached hydrogen (secondary N) is 1. The lowest BCUT2D eigenvalue weighted by atomic mass is 9.97. The van der Waals surface area contributed by atoms with Crippen molar-refractivity contribution in [2.75, 3.05) is 12.4 Å². The van der Waals surface area contributed by atoms with Crippen LogP contribution in [0.2, 0.25) is 0 Å². The number of benzene rings is 1. The van der Waals surface area contributed by atoms with Crippen LogP contribution in [0, 0.1) is 11.6 Å². The Morgan fingerprint density at radius 2 is 1.87 bits per heavy atom. The van der Waals surface area contributed by atoms with Gasteiger partial charge in [0.25, 0.3) is 5.60 Å². The molecule has 128 valence electrons. The summed E-state index contributed by atoms with van der Waals surface area (Å²) in [6.07, 6.45) is -5.66. The number of anilines is 1. The topological polar surface area (TPSA) is 75.6 Å². The van der Waals surface area contributed by atoms with Crippen LogP contribution in [-0.2, 0) is 14.3 Å². The Balaban J connectivity index is 3.14. The highest BCUT2D eigenvalue weighted by Gasteiger charge is 2.67. The molecule has 0 heterocycles. The van der Waals surface area contributed by atoms with Gasteiger partial charge in [-0.3, -0.25) is 4.79 Å². The molecule has 0 aliphatic rings. The van der Waals surface area contributed by atoms with E-state index in [2.05, 4.69) is 4.74 Å². The molecule has 0 saturated carbocycles. The maximum atomic E-state index is 13.3. The zero-order valence-electron chi connectivity index (χ0n) is 11.2. The number of aliphatic hydroxyl groups is 1. The van der Waals surface area contributed by atoms with E-state index < -0.39 is 46.4 Å². The van der Waals surface area contributed by atoms with Crippen molar-refractivity contribution < 1.29 is 41.4 Å². The number of hydrogen-bond donors (Lipinski definition) is 2. The number of halogens is 6. The fourth-order valence-corrected chi connectivity index (χ4v) is 1.76. The molecular formula is C12H9ClF5NO4. The number of carbonyl (C=O) groups excluding carboxylic acids is 2. The van der Waals surface area contributed by atoms with Crippen LogP contribution >= 0.6 is 11.6 Å². The van der Waals surface area contributed by atoms with Gasteiger partial charge in [0.15, 0.2) is 5.38 Å². The Morgan fingerprint density at radius 1 is 1.30 bits per heavy atom. The molecule has 0 spiro atoms. The molecule has 0 bridgehead atoms. The SMILES string of the molecule is COC(=O)[C@](O)([C@H](Cl)C(=O)Nc1cc(F)ccc1F)C(F)(F)F. The zero-order chi connectivity index (χ0) is 18.0. The van der Waals surface area contributed by atoms with Crippen molar-refractivity contribution in [3.05, 3.63) is 29.8 Å². The third-order valence-electron chi connectivity index (χ3n) is 2.71. The van der Waals surface area contributed by atoms with Crippen molar-refractivity contribution in [3.8, 4) is 0 Å². The summed E-state index contributed by atoms with van der Waals surface area (Å²) in [5, 5.41) is 8.13. The highest BCUT2D eigenvalue weighted by molar-refractivity contribution is 6.35. The van der Waals surface area contributed by atoms with E-state index in [4.69, 9.17) is 11.6 Å². The van der Waals surface area contributed by atoms with Crippen LogP contribution in [0.25, 0.3) is 0 Å². The number of rotatable bonds is 4. The summed E-state index contributed by atoms with van der Waals surface area (Å²) < 4.78 is 68.8. The first-order valence-electron chi connectivity index (χ1n) is 5.72. The van der Waals surface area contributed by atoms with Gasteiger partial charge in [0.1, 0.15) is 11.6 Å². The number of esters is 1. The van der Waals surface area contributed by atoms with Crippen molar-refractivity contribution in [3.63, 3.8) is 0 Å². The van der Waals surface area contributed by atoms with E-state index in [1.165, 1.54) is 0 Å². The van der Waals surface area contributed by atoms with E-state index in [0.717, 1.165) is 0 Å². The number of carbonyl (C=O) groups is 2. The van der Waals surface area contributed by atoms with Crippen LogP contribution in [0.4, 0.5) is 27.6 Å². The molecule has 11 heteroatoms. The Hall–Kier alpha value is -1.94. The van der Waals surface area contributed by atoms with E-state index in [9.17, 15) is 36.6 Å². The van der Waals surface area contributed by atoms with Gasteiger partial charge in [0.2, 0.25) is 5.91 Å². The number of alkyl halides is 4. The first-order chi connectivity index (χ1) is 10.4. The van der Waals surface area contributed by atoms with Gasteiger partial charge in [-0.05, 0) is 12.1 Å². The molecule has 0 aromatic heterocycles. The van der Waals surface area contributed by atoms with Gasteiger partial charge in [-0.25, -0.2) is 13.6 Å². The minimum Gasteiger partial charge on any atom is -0.467 e. The fraction of sp³-hybridized carbons (Fsp3) is 0.333. The second kappa shape index (κ2) is 6.67. The van der Waals surface area contributed by atoms with Gasteiger partial charge >= 0.3 is 12.1 Å². The summed E-state index contributed by atoms with van der Waals surface area (Å²) in [4.78, 5) is 22.9. The zero-order valence-corrected chi connectivity index (χ0v) is 12.0. The standard InChI is InChI=1S/C12H9ClF5NO4/c1-23-10(21)11(22,12(16,17)18)8(13)9(20)19-7-4-5(14)2-3-6(7)15/h2-4,8,22H,1H3,(H,19,20)/t8-,11-/m1/s1. The Kier molecular flexibility index (Phi) is 5.54. The third-order valence-corrected chi connectivity index (χ3v) is 3.23. The molecule has 0 saturated heterocycles. The van der Waals surface area contributed by atoms with Gasteiger partial charge in [0, 0.05) is 6.07 Å². The lowest BCUT2D eigenvalue weighted by Crippen LogP contribution is -2.62. The average molecular weight is 362 g/mol. The number of hydrogen-bond acceptors (Lipinski definition) is 4. The van der Waals surface area contributed by atoms with E-state index >= 15 is 0 Å². The summed E-state index contributed by atoms with van der Waals surface area (Å²) in [6.45, 7) is 0. The molecule has 23 heavy (non-hydrogen) atoms. The van der Waals surface area contributed by atoms with Crippen molar-refractivity contribution in [1.29, 1.82) is 0 Å². The van der Waals surface area contributed by atoms with Crippen molar-refractivity contribution >= 4 is 29.2 Å². The molecule has 5 nitrogen and oxygen atoms in total. The maximum Gasteiger partial charge on any atom is 0.430 e. The van der Waals surface area contributed by atoms with E-state index in [0.29, 0.717) is 25.3 Å². The van der Waals surface area contributed by atoms with Crippen molar-refractivity contribution in [2.45, 2.75) is 17.2 Å². The highest BCUT2D eigenvalue weighted by atomic mass is 35.5. The predicted octanol–water partition coefficient (Wildman–Crippen LogP) is 1.98. The van der Waals surface area contributed by atoms with Gasteiger partial charge in [0.05, 0.1) is 12.8 Å². The van der Waals surface area contributed by atoms with E-state index in [-0.39, 0.29) is 0 Å². The average Bonchev–Trinajstić information content (AvgIpc) is 2.47. The van der Waals surface area contributed by atoms with Gasteiger partial charge in [-0.2, -0.15) is 13.2 Å². The molecule has 0 fully saturated rings. The molecular weight excluding hydrogens is 353 g/mol. The highest BCUT2D eigenvalue weighted by Crippen LogP contribution is 2.37. The smallest absolute Gasteiger partial charge is 0.430 e. The van der Waals surface area contributed by atoms with E-state index in [1.54, 1.807) is 5.32 Å². The van der Waals surface area contributed by atoms with Gasteiger partial charge < -0.3 is 15.2 Å². The molecule has 2 N–H and O–H groups in total. The minimum atomic E-state index is -5.66. The Morgan fingerprint density at radius 3 is 2.35 bits per heavy atom. The summed E-state index contributed by atoms with van der Waals surface area (Å²) in [7, 11) is 0.535. The molecule has 0 unspecified atom stereocenters. The van der Waals surface area contributed by atoms with Gasteiger partial charge in [-0.15, -0.1) is 11.6 Å². The van der Waals surface area contributed by atoms with Crippen LogP contribution in [-0.4, -0.2) is 41.2 Å². The van der Waals surface area contributed by atoms with Crippen LogP contribution < -0.4 is 5.32 Å². The van der Waals surface area contributed by atoms with Crippen LogP contribution in [0.15, 0.2) is 18.2 Å². The third kappa shape index (κ3) is 3.70. The van der Waals surface area contributed by atoms with Crippen LogP contribution in [0.3, 0.4) is 0 Å². The molecule has 1 rings (SSSR count). The van der Waals surface area contributed by atoms with Crippen LogP contribution in [0.5, 0.6) is 0 Å². The Bertz CT molecular complexity index is 624. The summed E-state index contributed by atoms with van der Waals surface area (Å²) in [6, 6.07) is 1.77. The largest absolute Gasteiger partial charge is 0.467 e. The Labute approximate surface area is 131 Å². The molecule has 0 aliphatic carbocycles. The lowest BCUT2D eigenvalue weighted by molar-refractivity contribution is -0.260.